The summed E-state index contributed by atoms with van der Waals surface area (Å²) in [4.78, 5) is 19.4. The summed E-state index contributed by atoms with van der Waals surface area (Å²) in [6.45, 7) is 2.55. The molecule has 7 nitrogen and oxygen atoms in total. The number of hydrogen-bond acceptors (Lipinski definition) is 7. The number of halogens is 1. The maximum atomic E-state index is 13.3. The molecule has 0 spiro atoms. The molecule has 8 heteroatoms. The summed E-state index contributed by atoms with van der Waals surface area (Å²) in [7, 11) is 1.31. The fourth-order valence-corrected chi connectivity index (χ4v) is 2.88. The molecular formula is C19H22FN3O4. The van der Waals surface area contributed by atoms with E-state index in [1.54, 1.807) is 29.2 Å². The van der Waals surface area contributed by atoms with E-state index in [0.717, 1.165) is 0 Å². The van der Waals surface area contributed by atoms with Crippen molar-refractivity contribution in [1.29, 1.82) is 0 Å². The average molecular weight is 375 g/mol. The van der Waals surface area contributed by atoms with Crippen LogP contribution in [0.15, 0.2) is 42.6 Å². The van der Waals surface area contributed by atoms with E-state index in [1.807, 2.05) is 4.90 Å². The van der Waals surface area contributed by atoms with Crippen LogP contribution >= 0.6 is 0 Å². The van der Waals surface area contributed by atoms with Crippen LogP contribution < -0.4 is 4.90 Å². The van der Waals surface area contributed by atoms with Gasteiger partial charge >= 0.3 is 5.97 Å². The monoisotopic (exact) mass is 375 g/mol. The number of carbonyl (C=O) groups excluding carboxylic acids is 1. The second kappa shape index (κ2) is 8.90. The van der Waals surface area contributed by atoms with Gasteiger partial charge in [-0.2, -0.15) is 0 Å². The SMILES string of the molecule is COC(=O)c1ccc(CN(c2ccc(F)cc2)C(O)N2CCOCC2)nc1. The van der Waals surface area contributed by atoms with Crippen molar-refractivity contribution in [3.05, 3.63) is 59.7 Å². The predicted octanol–water partition coefficient (Wildman–Crippen LogP) is 1.62. The Hall–Kier alpha value is -2.55. The molecule has 1 aromatic carbocycles. The molecule has 1 saturated heterocycles. The van der Waals surface area contributed by atoms with E-state index < -0.39 is 12.3 Å². The molecule has 1 aromatic heterocycles. The van der Waals surface area contributed by atoms with Crippen molar-refractivity contribution in [2.75, 3.05) is 38.3 Å². The van der Waals surface area contributed by atoms with Gasteiger partial charge < -0.3 is 19.5 Å². The maximum Gasteiger partial charge on any atom is 0.339 e. The number of aliphatic hydroxyl groups excluding tert-OH is 1. The number of esters is 1. The van der Waals surface area contributed by atoms with E-state index in [4.69, 9.17) is 4.74 Å². The van der Waals surface area contributed by atoms with Crippen LogP contribution in [-0.4, -0.2) is 60.7 Å². The van der Waals surface area contributed by atoms with Crippen molar-refractivity contribution in [2.24, 2.45) is 0 Å². The van der Waals surface area contributed by atoms with Gasteiger partial charge in [0.05, 0.1) is 38.1 Å². The molecule has 1 aliphatic rings. The highest BCUT2D eigenvalue weighted by molar-refractivity contribution is 5.88. The first-order chi connectivity index (χ1) is 13.1. The number of methoxy groups -OCH3 is 1. The summed E-state index contributed by atoms with van der Waals surface area (Å²) in [5.74, 6) is -0.807. The molecule has 0 amide bonds. The summed E-state index contributed by atoms with van der Waals surface area (Å²) in [6, 6.07) is 9.25. The van der Waals surface area contributed by atoms with Crippen LogP contribution in [0.25, 0.3) is 0 Å². The summed E-state index contributed by atoms with van der Waals surface area (Å²) in [5.41, 5.74) is 1.66. The molecule has 1 atom stereocenters. The normalized spacial score (nSPS) is 16.0. The number of benzene rings is 1. The molecule has 1 fully saturated rings. The van der Waals surface area contributed by atoms with E-state index in [2.05, 4.69) is 9.72 Å². The third kappa shape index (κ3) is 4.79. The van der Waals surface area contributed by atoms with Crippen molar-refractivity contribution < 1.29 is 23.8 Å². The number of rotatable bonds is 6. The number of anilines is 1. The van der Waals surface area contributed by atoms with Crippen LogP contribution in [0.5, 0.6) is 0 Å². The average Bonchev–Trinajstić information content (AvgIpc) is 2.73. The highest BCUT2D eigenvalue weighted by Gasteiger charge is 2.25. The molecule has 0 saturated carbocycles. The Bertz CT molecular complexity index is 749. The summed E-state index contributed by atoms with van der Waals surface area (Å²) < 4.78 is 23.3. The van der Waals surface area contributed by atoms with Crippen LogP contribution in [-0.2, 0) is 16.0 Å². The lowest BCUT2D eigenvalue weighted by atomic mass is 10.2. The van der Waals surface area contributed by atoms with Gasteiger partial charge in [-0.3, -0.25) is 9.88 Å². The van der Waals surface area contributed by atoms with Crippen molar-refractivity contribution in [1.82, 2.24) is 9.88 Å². The van der Waals surface area contributed by atoms with Crippen LogP contribution in [0.2, 0.25) is 0 Å². The lowest BCUT2D eigenvalue weighted by Gasteiger charge is -2.39. The van der Waals surface area contributed by atoms with Crippen molar-refractivity contribution in [2.45, 2.75) is 12.9 Å². The van der Waals surface area contributed by atoms with Gasteiger partial charge in [0.1, 0.15) is 5.82 Å². The van der Waals surface area contributed by atoms with Gasteiger partial charge in [0.25, 0.3) is 0 Å². The van der Waals surface area contributed by atoms with Crippen molar-refractivity contribution >= 4 is 11.7 Å². The smallest absolute Gasteiger partial charge is 0.339 e. The van der Waals surface area contributed by atoms with Gasteiger partial charge in [-0.05, 0) is 36.4 Å². The van der Waals surface area contributed by atoms with Gasteiger partial charge in [0.2, 0.25) is 0 Å². The predicted molar refractivity (Wildman–Crippen MR) is 96.6 cm³/mol. The fourth-order valence-electron chi connectivity index (χ4n) is 2.88. The number of aromatic nitrogens is 1. The van der Waals surface area contributed by atoms with Crippen molar-refractivity contribution in [3.8, 4) is 0 Å². The molecule has 0 bridgehead atoms. The molecule has 27 heavy (non-hydrogen) atoms. The number of carbonyl (C=O) groups is 1. The first-order valence-corrected chi connectivity index (χ1v) is 8.64. The summed E-state index contributed by atoms with van der Waals surface area (Å²) in [5, 5.41) is 10.9. The van der Waals surface area contributed by atoms with E-state index >= 15 is 0 Å². The summed E-state index contributed by atoms with van der Waals surface area (Å²) >= 11 is 0. The van der Waals surface area contributed by atoms with Crippen molar-refractivity contribution in [3.63, 3.8) is 0 Å². The van der Waals surface area contributed by atoms with Gasteiger partial charge in [0.15, 0.2) is 6.35 Å². The molecule has 144 valence electrons. The minimum Gasteiger partial charge on any atom is -0.465 e. The molecule has 2 aromatic rings. The topological polar surface area (TPSA) is 75.1 Å². The molecule has 1 N–H and O–H groups in total. The number of hydrogen-bond donors (Lipinski definition) is 1. The number of aliphatic hydroxyl groups is 1. The van der Waals surface area contributed by atoms with Crippen LogP contribution in [0.3, 0.4) is 0 Å². The largest absolute Gasteiger partial charge is 0.465 e. The van der Waals surface area contributed by atoms with Gasteiger partial charge in [-0.15, -0.1) is 0 Å². The molecule has 2 heterocycles. The number of morpholine rings is 1. The zero-order valence-corrected chi connectivity index (χ0v) is 15.0. The zero-order valence-electron chi connectivity index (χ0n) is 15.0. The molecule has 3 rings (SSSR count). The van der Waals surface area contributed by atoms with E-state index in [9.17, 15) is 14.3 Å². The van der Waals surface area contributed by atoms with E-state index in [0.29, 0.717) is 43.2 Å². The fraction of sp³-hybridized carbons (Fsp3) is 0.368. The Labute approximate surface area is 156 Å². The maximum absolute atomic E-state index is 13.3. The Morgan fingerprint density at radius 1 is 1.30 bits per heavy atom. The number of nitrogens with zero attached hydrogens (tertiary/aromatic N) is 3. The highest BCUT2D eigenvalue weighted by atomic mass is 19.1. The number of ether oxygens (including phenoxy) is 2. The minimum absolute atomic E-state index is 0.283. The van der Waals surface area contributed by atoms with Crippen LogP contribution in [0.1, 0.15) is 16.1 Å². The summed E-state index contributed by atoms with van der Waals surface area (Å²) in [6.07, 6.45) is 0.520. The number of pyridine rings is 1. The third-order valence-corrected chi connectivity index (χ3v) is 4.39. The van der Waals surface area contributed by atoms with Gasteiger partial charge in [-0.25, -0.2) is 9.18 Å². The first-order valence-electron chi connectivity index (χ1n) is 8.64. The molecule has 1 aliphatic heterocycles. The molecule has 0 radical (unpaired) electrons. The Balaban J connectivity index is 1.82. The highest BCUT2D eigenvalue weighted by Crippen LogP contribution is 2.22. The minimum atomic E-state index is -0.915. The van der Waals surface area contributed by atoms with Gasteiger partial charge in [-0.1, -0.05) is 0 Å². The second-order valence-electron chi connectivity index (χ2n) is 6.13. The molecule has 0 aliphatic carbocycles. The lowest BCUT2D eigenvalue weighted by Crippen LogP contribution is -2.52. The van der Waals surface area contributed by atoms with Crippen LogP contribution in [0.4, 0.5) is 10.1 Å². The standard InChI is InChI=1S/C19H22FN3O4/c1-26-18(24)14-2-5-16(21-12-14)13-23(17-6-3-15(20)4-7-17)19(25)22-8-10-27-11-9-22/h2-7,12,19,25H,8-11,13H2,1H3. The van der Waals surface area contributed by atoms with E-state index in [1.165, 1.54) is 25.4 Å². The lowest BCUT2D eigenvalue weighted by molar-refractivity contribution is -0.0598. The Kier molecular flexibility index (Phi) is 6.33. The molecule has 1 unspecified atom stereocenters. The quantitative estimate of drug-likeness (QED) is 0.607. The second-order valence-corrected chi connectivity index (χ2v) is 6.13. The van der Waals surface area contributed by atoms with E-state index in [-0.39, 0.29) is 12.4 Å². The van der Waals surface area contributed by atoms with Crippen LogP contribution in [0, 0.1) is 5.82 Å². The zero-order chi connectivity index (χ0) is 19.2. The third-order valence-electron chi connectivity index (χ3n) is 4.39. The Morgan fingerprint density at radius 2 is 2.00 bits per heavy atom. The van der Waals surface area contributed by atoms with Gasteiger partial charge in [0, 0.05) is 25.0 Å². The molecular weight excluding hydrogens is 353 g/mol. The Morgan fingerprint density at radius 3 is 2.59 bits per heavy atom. The first kappa shape index (κ1) is 19.2.